The average Bonchev–Trinajstić information content (AvgIpc) is 2.89. The van der Waals surface area contributed by atoms with Crippen molar-refractivity contribution in [3.63, 3.8) is 0 Å². The molecule has 204 valence electrons. The molecule has 3 aromatic carbocycles. The van der Waals surface area contributed by atoms with E-state index in [0.29, 0.717) is 24.5 Å². The summed E-state index contributed by atoms with van der Waals surface area (Å²) in [6, 6.07) is 14.7. The molecule has 0 atom stereocenters. The quantitative estimate of drug-likeness (QED) is 0.287. The number of aliphatic hydroxyl groups is 1. The van der Waals surface area contributed by atoms with Crippen molar-refractivity contribution in [3.8, 4) is 28.7 Å². The lowest BCUT2D eigenvalue weighted by Crippen LogP contribution is -2.10. The molecule has 0 radical (unpaired) electrons. The third-order valence-electron chi connectivity index (χ3n) is 6.21. The number of rotatable bonds is 4. The molecule has 2 heterocycles. The Labute approximate surface area is 229 Å². The van der Waals surface area contributed by atoms with Gasteiger partial charge in [0.15, 0.2) is 0 Å². The fourth-order valence-corrected chi connectivity index (χ4v) is 4.88. The van der Waals surface area contributed by atoms with Gasteiger partial charge in [0.25, 0.3) is 6.47 Å². The molecule has 1 aromatic heterocycles. The predicted molar refractivity (Wildman–Crippen MR) is 155 cm³/mol. The number of carboxylic acid groups (broad SMARTS) is 1. The molecular formula is C32H36N2O5. The van der Waals surface area contributed by atoms with Crippen LogP contribution in [0.2, 0.25) is 0 Å². The van der Waals surface area contributed by atoms with E-state index >= 15 is 0 Å². The van der Waals surface area contributed by atoms with Gasteiger partial charge in [-0.2, -0.15) is 5.26 Å². The summed E-state index contributed by atoms with van der Waals surface area (Å²) >= 11 is 0. The van der Waals surface area contributed by atoms with Gasteiger partial charge in [0.1, 0.15) is 17.6 Å². The molecule has 0 unspecified atom stereocenters. The van der Waals surface area contributed by atoms with E-state index in [2.05, 4.69) is 50.2 Å². The van der Waals surface area contributed by atoms with E-state index in [1.54, 1.807) is 20.8 Å². The zero-order chi connectivity index (χ0) is 28.7. The number of aromatic nitrogens is 1. The summed E-state index contributed by atoms with van der Waals surface area (Å²) in [6.07, 6.45) is 3.70. The van der Waals surface area contributed by atoms with Crippen molar-refractivity contribution in [2.75, 3.05) is 13.2 Å². The lowest BCUT2D eigenvalue weighted by molar-refractivity contribution is -0.122. The Hall–Kier alpha value is -4.15. The van der Waals surface area contributed by atoms with E-state index in [9.17, 15) is 5.26 Å². The Kier molecular flexibility index (Phi) is 9.50. The van der Waals surface area contributed by atoms with Gasteiger partial charge in [-0.15, -0.1) is 0 Å². The zero-order valence-electron chi connectivity index (χ0n) is 23.5. The molecule has 1 aliphatic rings. The highest BCUT2D eigenvalue weighted by Crippen LogP contribution is 2.44. The first-order valence-corrected chi connectivity index (χ1v) is 13.1. The number of ether oxygens (including phenoxy) is 2. The van der Waals surface area contributed by atoms with Crippen LogP contribution in [-0.2, 0) is 17.6 Å². The smallest absolute Gasteiger partial charge is 0.290 e. The second-order valence-electron chi connectivity index (χ2n) is 10.2. The minimum atomic E-state index is -0.500. The second kappa shape index (κ2) is 12.6. The molecule has 0 amide bonds. The highest BCUT2D eigenvalue weighted by atomic mass is 16.5. The van der Waals surface area contributed by atoms with Gasteiger partial charge in [-0.3, -0.25) is 9.78 Å². The molecule has 5 rings (SSSR count). The third-order valence-corrected chi connectivity index (χ3v) is 6.21. The highest BCUT2D eigenvalue weighted by Gasteiger charge is 2.22. The minimum absolute atomic E-state index is 0.250. The number of fused-ring (bicyclic) bond motifs is 1. The van der Waals surface area contributed by atoms with Crippen molar-refractivity contribution in [3.05, 3.63) is 64.8 Å². The van der Waals surface area contributed by atoms with Crippen molar-refractivity contribution in [2.45, 2.75) is 60.0 Å². The molecule has 7 heteroatoms. The number of hydrogen-bond acceptors (Lipinski definition) is 6. The largest absolute Gasteiger partial charge is 0.493 e. The van der Waals surface area contributed by atoms with Gasteiger partial charge in [-0.25, -0.2) is 0 Å². The monoisotopic (exact) mass is 528 g/mol. The summed E-state index contributed by atoms with van der Waals surface area (Å²) in [6.45, 7) is 12.5. The lowest BCUT2D eigenvalue weighted by atomic mass is 9.86. The summed E-state index contributed by atoms with van der Waals surface area (Å²) in [5.41, 5.74) is 7.07. The molecule has 0 saturated heterocycles. The molecule has 1 aliphatic heterocycles. The highest BCUT2D eigenvalue weighted by molar-refractivity contribution is 6.09. The van der Waals surface area contributed by atoms with Crippen LogP contribution >= 0.6 is 0 Å². The van der Waals surface area contributed by atoms with Gasteiger partial charge in [-0.05, 0) is 99.0 Å². The Bertz CT molecular complexity index is 1510. The average molecular weight is 529 g/mol. The number of nitriles is 1. The van der Waals surface area contributed by atoms with Gasteiger partial charge in [0.05, 0.1) is 29.9 Å². The van der Waals surface area contributed by atoms with Crippen molar-refractivity contribution in [2.24, 2.45) is 0 Å². The van der Waals surface area contributed by atoms with Crippen LogP contribution in [0.1, 0.15) is 56.9 Å². The van der Waals surface area contributed by atoms with E-state index in [1.165, 1.54) is 22.3 Å². The summed E-state index contributed by atoms with van der Waals surface area (Å²) in [5, 5.41) is 28.2. The lowest BCUT2D eigenvalue weighted by Gasteiger charge is -2.22. The number of pyridine rings is 1. The fraction of sp³-hybridized carbons (Fsp3) is 0.344. The van der Waals surface area contributed by atoms with Crippen LogP contribution in [0.4, 0.5) is 0 Å². The van der Waals surface area contributed by atoms with Gasteiger partial charge >= 0.3 is 0 Å². The SMILES string of the molecule is CC(C)(C)O.CCOc1c(C#N)ccc2c(-c3ccc4c5c(ccnc35)CCO4)c(CC)c(C)cc12.O=CO. The van der Waals surface area contributed by atoms with Crippen molar-refractivity contribution in [1.82, 2.24) is 4.98 Å². The van der Waals surface area contributed by atoms with E-state index in [1.807, 2.05) is 19.2 Å². The maximum Gasteiger partial charge on any atom is 0.290 e. The Morgan fingerprint density at radius 2 is 1.85 bits per heavy atom. The zero-order valence-corrected chi connectivity index (χ0v) is 23.5. The van der Waals surface area contributed by atoms with E-state index in [0.717, 1.165) is 45.8 Å². The van der Waals surface area contributed by atoms with Crippen LogP contribution < -0.4 is 9.47 Å². The van der Waals surface area contributed by atoms with Crippen LogP contribution in [0.25, 0.3) is 32.8 Å². The normalized spacial score (nSPS) is 11.8. The molecule has 0 aliphatic carbocycles. The van der Waals surface area contributed by atoms with E-state index < -0.39 is 5.60 Å². The maximum absolute atomic E-state index is 9.64. The van der Waals surface area contributed by atoms with Crippen LogP contribution in [0.5, 0.6) is 11.5 Å². The Morgan fingerprint density at radius 1 is 1.15 bits per heavy atom. The van der Waals surface area contributed by atoms with Gasteiger partial charge in [0, 0.05) is 29.0 Å². The van der Waals surface area contributed by atoms with Crippen LogP contribution in [0.3, 0.4) is 0 Å². The fourth-order valence-electron chi connectivity index (χ4n) is 4.88. The summed E-state index contributed by atoms with van der Waals surface area (Å²) in [5.74, 6) is 1.57. The number of nitrogens with zero attached hydrogens (tertiary/aromatic N) is 2. The van der Waals surface area contributed by atoms with Crippen molar-refractivity contribution < 1.29 is 24.5 Å². The maximum atomic E-state index is 9.64. The number of hydrogen-bond donors (Lipinski definition) is 2. The summed E-state index contributed by atoms with van der Waals surface area (Å²) in [7, 11) is 0. The summed E-state index contributed by atoms with van der Waals surface area (Å²) < 4.78 is 11.9. The van der Waals surface area contributed by atoms with Crippen LogP contribution in [0.15, 0.2) is 42.6 Å². The first-order chi connectivity index (χ1) is 18.6. The van der Waals surface area contributed by atoms with Crippen LogP contribution in [0, 0.1) is 18.3 Å². The third kappa shape index (κ3) is 6.47. The molecular weight excluding hydrogens is 492 g/mol. The standard InChI is InChI=1S/C27H24N2O2.C4H10O.CH2O2/c1-4-19-16(3)14-22-20(7-6-18(15-28)27(22)30-5-2)25(19)21-8-9-23-24-17(11-13-31-23)10-12-29-26(21)24;1-4(2,3)5;2-1-3/h6-10,12,14H,4-5,11,13H2,1-3H3;5H,1-3H3;1H,(H,2,3). The molecule has 0 saturated carbocycles. The van der Waals surface area contributed by atoms with Crippen molar-refractivity contribution in [1.29, 1.82) is 5.26 Å². The van der Waals surface area contributed by atoms with Gasteiger partial charge < -0.3 is 19.7 Å². The molecule has 0 fully saturated rings. The second-order valence-corrected chi connectivity index (χ2v) is 10.2. The van der Waals surface area contributed by atoms with Crippen molar-refractivity contribution >= 4 is 28.1 Å². The minimum Gasteiger partial charge on any atom is -0.493 e. The number of carbonyl (C=O) groups is 1. The Morgan fingerprint density at radius 3 is 2.46 bits per heavy atom. The molecule has 7 nitrogen and oxygen atoms in total. The topological polar surface area (TPSA) is 113 Å². The van der Waals surface area contributed by atoms with Gasteiger partial charge in [0.2, 0.25) is 0 Å². The number of aryl methyl sites for hydroxylation is 1. The van der Waals surface area contributed by atoms with Crippen LogP contribution in [-0.4, -0.2) is 40.5 Å². The number of benzene rings is 3. The molecule has 4 aromatic rings. The molecule has 0 bridgehead atoms. The first kappa shape index (κ1) is 29.4. The predicted octanol–water partition coefficient (Wildman–Crippen LogP) is 6.61. The molecule has 0 spiro atoms. The van der Waals surface area contributed by atoms with E-state index in [-0.39, 0.29) is 6.47 Å². The first-order valence-electron chi connectivity index (χ1n) is 13.1. The Balaban J connectivity index is 0.000000466. The van der Waals surface area contributed by atoms with Gasteiger partial charge in [-0.1, -0.05) is 13.0 Å². The molecule has 2 N–H and O–H groups in total. The molecule has 39 heavy (non-hydrogen) atoms. The van der Waals surface area contributed by atoms with E-state index in [4.69, 9.17) is 29.5 Å². The summed E-state index contributed by atoms with van der Waals surface area (Å²) in [4.78, 5) is 13.2.